The number of fused-ring (bicyclic) bond motifs is 6. The zero-order chi connectivity index (χ0) is 33.0. The van der Waals surface area contributed by atoms with E-state index in [4.69, 9.17) is 0 Å². The van der Waals surface area contributed by atoms with E-state index in [2.05, 4.69) is 203 Å². The number of para-hydroxylation sites is 4. The summed E-state index contributed by atoms with van der Waals surface area (Å²) in [6.45, 7) is 0. The topological polar surface area (TPSA) is 9.86 Å². The van der Waals surface area contributed by atoms with Gasteiger partial charge in [-0.15, -0.1) is 0 Å². The first-order valence-electron chi connectivity index (χ1n) is 17.2. The molecule has 0 aliphatic carbocycles. The van der Waals surface area contributed by atoms with Gasteiger partial charge in [-0.25, -0.2) is 0 Å². The summed E-state index contributed by atoms with van der Waals surface area (Å²) >= 11 is 0. The van der Waals surface area contributed by atoms with Gasteiger partial charge in [0, 0.05) is 38.4 Å². The van der Waals surface area contributed by atoms with E-state index in [1.54, 1.807) is 0 Å². The molecule has 234 valence electrons. The highest BCUT2D eigenvalue weighted by molar-refractivity contribution is 6.22. The zero-order valence-corrected chi connectivity index (χ0v) is 27.4. The van der Waals surface area contributed by atoms with E-state index in [0.717, 1.165) is 5.69 Å². The second-order valence-corrected chi connectivity index (χ2v) is 12.9. The van der Waals surface area contributed by atoms with Crippen LogP contribution in [0.15, 0.2) is 194 Å². The van der Waals surface area contributed by atoms with Crippen LogP contribution in [-0.4, -0.2) is 9.13 Å². The molecule has 2 nitrogen and oxygen atoms in total. The molecule has 0 fully saturated rings. The van der Waals surface area contributed by atoms with E-state index in [-0.39, 0.29) is 0 Å². The van der Waals surface area contributed by atoms with Gasteiger partial charge >= 0.3 is 0 Å². The first-order chi connectivity index (χ1) is 24.9. The monoisotopic (exact) mass is 636 g/mol. The van der Waals surface area contributed by atoms with Crippen molar-refractivity contribution in [3.8, 4) is 44.8 Å². The minimum atomic E-state index is 1.16. The third-order valence-corrected chi connectivity index (χ3v) is 10.1. The lowest BCUT2D eigenvalue weighted by Crippen LogP contribution is -2.00. The molecule has 2 heteroatoms. The van der Waals surface area contributed by atoms with Crippen molar-refractivity contribution >= 4 is 43.6 Å². The van der Waals surface area contributed by atoms with Crippen molar-refractivity contribution in [3.05, 3.63) is 194 Å². The van der Waals surface area contributed by atoms with E-state index >= 15 is 0 Å². The Morgan fingerprint density at radius 2 is 0.640 bits per heavy atom. The molecule has 0 atom stereocenters. The summed E-state index contributed by atoms with van der Waals surface area (Å²) in [6, 6.07) is 70.3. The van der Waals surface area contributed by atoms with Gasteiger partial charge in [-0.2, -0.15) is 0 Å². The SMILES string of the molecule is c1ccc(-c2cccc(-c3ccccc3)c2-n2c3ccccc3c3c(-c4cccc5c4c4ccccc4n5-c4ccccc4)cccc32)cc1. The highest BCUT2D eigenvalue weighted by Crippen LogP contribution is 2.46. The molecule has 0 amide bonds. The number of hydrogen-bond donors (Lipinski definition) is 0. The van der Waals surface area contributed by atoms with Gasteiger partial charge in [-0.05, 0) is 58.7 Å². The smallest absolute Gasteiger partial charge is 0.0618 e. The van der Waals surface area contributed by atoms with Gasteiger partial charge in [-0.3, -0.25) is 0 Å². The summed E-state index contributed by atoms with van der Waals surface area (Å²) in [5.41, 5.74) is 14.4. The zero-order valence-electron chi connectivity index (χ0n) is 27.4. The van der Waals surface area contributed by atoms with Crippen LogP contribution in [0.5, 0.6) is 0 Å². The fraction of sp³-hybridized carbons (Fsp3) is 0. The minimum Gasteiger partial charge on any atom is -0.309 e. The largest absolute Gasteiger partial charge is 0.309 e. The van der Waals surface area contributed by atoms with Crippen LogP contribution in [-0.2, 0) is 0 Å². The van der Waals surface area contributed by atoms with Gasteiger partial charge < -0.3 is 9.13 Å². The molecular formula is C48H32N2. The minimum absolute atomic E-state index is 1.16. The molecule has 10 aromatic rings. The first kappa shape index (κ1) is 28.4. The Morgan fingerprint density at radius 3 is 1.18 bits per heavy atom. The lowest BCUT2D eigenvalue weighted by molar-refractivity contribution is 1.18. The van der Waals surface area contributed by atoms with Gasteiger partial charge in [0.1, 0.15) is 0 Å². The lowest BCUT2D eigenvalue weighted by Gasteiger charge is -2.19. The number of rotatable bonds is 5. The average molecular weight is 637 g/mol. The molecule has 0 unspecified atom stereocenters. The molecule has 0 saturated carbocycles. The summed E-state index contributed by atoms with van der Waals surface area (Å²) in [4.78, 5) is 0. The molecule has 0 aliphatic rings. The van der Waals surface area contributed by atoms with Crippen LogP contribution in [0.2, 0.25) is 0 Å². The molecule has 2 heterocycles. The quantitative estimate of drug-likeness (QED) is 0.178. The molecule has 0 spiro atoms. The van der Waals surface area contributed by atoms with Gasteiger partial charge in [0.15, 0.2) is 0 Å². The van der Waals surface area contributed by atoms with E-state index in [1.165, 1.54) is 82.7 Å². The van der Waals surface area contributed by atoms with Crippen LogP contribution < -0.4 is 0 Å². The molecular weight excluding hydrogens is 605 g/mol. The Kier molecular flexibility index (Phi) is 6.53. The van der Waals surface area contributed by atoms with Crippen molar-refractivity contribution in [2.45, 2.75) is 0 Å². The fourth-order valence-corrected chi connectivity index (χ4v) is 8.07. The Bertz CT molecular complexity index is 2780. The maximum Gasteiger partial charge on any atom is 0.0618 e. The van der Waals surface area contributed by atoms with Crippen LogP contribution >= 0.6 is 0 Å². The second kappa shape index (κ2) is 11.5. The number of benzene rings is 8. The van der Waals surface area contributed by atoms with Crippen LogP contribution in [0.4, 0.5) is 0 Å². The lowest BCUT2D eigenvalue weighted by atomic mass is 9.95. The van der Waals surface area contributed by atoms with Crippen molar-refractivity contribution in [3.63, 3.8) is 0 Å². The summed E-state index contributed by atoms with van der Waals surface area (Å²) in [6.07, 6.45) is 0. The first-order valence-corrected chi connectivity index (χ1v) is 17.2. The van der Waals surface area contributed by atoms with E-state index in [9.17, 15) is 0 Å². The summed E-state index contributed by atoms with van der Waals surface area (Å²) in [5, 5.41) is 5.02. The molecule has 0 N–H and O–H groups in total. The highest BCUT2D eigenvalue weighted by Gasteiger charge is 2.23. The van der Waals surface area contributed by atoms with Crippen molar-refractivity contribution in [1.29, 1.82) is 0 Å². The van der Waals surface area contributed by atoms with Crippen LogP contribution in [0.25, 0.3) is 88.4 Å². The van der Waals surface area contributed by atoms with Crippen molar-refractivity contribution in [2.75, 3.05) is 0 Å². The summed E-state index contributed by atoms with van der Waals surface area (Å²) in [5.74, 6) is 0. The molecule has 8 aromatic carbocycles. The summed E-state index contributed by atoms with van der Waals surface area (Å²) < 4.78 is 4.91. The standard InChI is InChI=1S/C48H32N2/c1-4-17-33(18-5-1)36-25-14-26-37(34-19-6-2-7-20-34)48(36)50-43-30-13-11-24-41(43)47-39(28-16-32-45(47)50)38-27-15-31-44-46(38)40-23-10-12-29-42(40)49(44)35-21-8-3-9-22-35/h1-32H. The van der Waals surface area contributed by atoms with Crippen LogP contribution in [0, 0.1) is 0 Å². The van der Waals surface area contributed by atoms with E-state index in [0.29, 0.717) is 0 Å². The Morgan fingerprint density at radius 1 is 0.260 bits per heavy atom. The average Bonchev–Trinajstić information content (AvgIpc) is 3.72. The molecule has 0 aliphatic heterocycles. The summed E-state index contributed by atoms with van der Waals surface area (Å²) in [7, 11) is 0. The molecule has 50 heavy (non-hydrogen) atoms. The normalized spacial score (nSPS) is 11.6. The molecule has 0 saturated heterocycles. The van der Waals surface area contributed by atoms with Crippen molar-refractivity contribution < 1.29 is 0 Å². The Hall–Kier alpha value is -6.64. The predicted molar refractivity (Wildman–Crippen MR) is 211 cm³/mol. The third-order valence-electron chi connectivity index (χ3n) is 10.1. The highest BCUT2D eigenvalue weighted by atomic mass is 15.0. The van der Waals surface area contributed by atoms with Crippen molar-refractivity contribution in [1.82, 2.24) is 9.13 Å². The Labute approximate surface area is 290 Å². The molecule has 0 bridgehead atoms. The number of aromatic nitrogens is 2. The van der Waals surface area contributed by atoms with Gasteiger partial charge in [0.2, 0.25) is 0 Å². The number of nitrogens with zero attached hydrogens (tertiary/aromatic N) is 2. The second-order valence-electron chi connectivity index (χ2n) is 12.9. The van der Waals surface area contributed by atoms with Gasteiger partial charge in [0.25, 0.3) is 0 Å². The third kappa shape index (κ3) is 4.29. The van der Waals surface area contributed by atoms with Crippen molar-refractivity contribution in [2.24, 2.45) is 0 Å². The van der Waals surface area contributed by atoms with E-state index in [1.807, 2.05) is 0 Å². The molecule has 0 radical (unpaired) electrons. The molecule has 10 rings (SSSR count). The van der Waals surface area contributed by atoms with Crippen LogP contribution in [0.1, 0.15) is 0 Å². The van der Waals surface area contributed by atoms with Crippen LogP contribution in [0.3, 0.4) is 0 Å². The maximum atomic E-state index is 2.51. The van der Waals surface area contributed by atoms with Gasteiger partial charge in [0.05, 0.1) is 27.8 Å². The number of hydrogen-bond acceptors (Lipinski definition) is 0. The van der Waals surface area contributed by atoms with Gasteiger partial charge in [-0.1, -0.05) is 158 Å². The fourth-order valence-electron chi connectivity index (χ4n) is 8.07. The Balaban J connectivity index is 1.33. The predicted octanol–water partition coefficient (Wildman–Crippen LogP) is 12.9. The van der Waals surface area contributed by atoms with E-state index < -0.39 is 0 Å². The maximum absolute atomic E-state index is 2.51. The molecule has 2 aromatic heterocycles.